The summed E-state index contributed by atoms with van der Waals surface area (Å²) in [6.07, 6.45) is 0. The summed E-state index contributed by atoms with van der Waals surface area (Å²) in [5.41, 5.74) is 0. The van der Waals surface area contributed by atoms with Gasteiger partial charge in [-0.2, -0.15) is 0 Å². The summed E-state index contributed by atoms with van der Waals surface area (Å²) in [5.74, 6) is 3.71. The van der Waals surface area contributed by atoms with Gasteiger partial charge in [0.15, 0.2) is 0 Å². The molecule has 0 unspecified atom stereocenters. The second kappa shape index (κ2) is 3.50. The molecule has 0 aliphatic carbocycles. The zero-order valence-electron chi connectivity index (χ0n) is 5.59. The molecule has 0 radical (unpaired) electrons. The fraction of sp³-hybridized carbons (Fsp3) is 0.333. The summed E-state index contributed by atoms with van der Waals surface area (Å²) < 4.78 is 0. The maximum Gasteiger partial charge on any atom is 0.275 e. The first-order chi connectivity index (χ1) is 3.72. The van der Waals surface area contributed by atoms with Gasteiger partial charge in [-0.05, 0) is 14.1 Å². The van der Waals surface area contributed by atoms with Gasteiger partial charge >= 0.3 is 0 Å². The van der Waals surface area contributed by atoms with Crippen molar-refractivity contribution in [3.8, 4) is 0 Å². The van der Waals surface area contributed by atoms with Crippen molar-refractivity contribution in [2.24, 2.45) is 0 Å². The van der Waals surface area contributed by atoms with Crippen molar-refractivity contribution in [1.82, 2.24) is 4.81 Å². The number of nitrogens with zero attached hydrogens (tertiary/aromatic N) is 1. The Hall–Kier alpha value is -0.495. The Morgan fingerprint density at radius 1 is 1.25 bits per heavy atom. The molecule has 0 saturated heterocycles. The first-order valence-electron chi connectivity index (χ1n) is 2.64. The smallest absolute Gasteiger partial charge is 0.275 e. The monoisotopic (exact) mass is 109 g/mol. The molecule has 2 heteroatoms. The van der Waals surface area contributed by atoms with E-state index >= 15 is 0 Å². The highest BCUT2D eigenvalue weighted by Gasteiger charge is 2.04. The van der Waals surface area contributed by atoms with Gasteiger partial charge in [0.05, 0.1) is 0 Å². The van der Waals surface area contributed by atoms with Crippen LogP contribution in [0.3, 0.4) is 0 Å². The molecule has 0 saturated carbocycles. The van der Waals surface area contributed by atoms with Gasteiger partial charge in [0.25, 0.3) is 6.85 Å². The molecular formula is C6H12BN. The molecule has 0 heterocycles. The van der Waals surface area contributed by atoms with Crippen molar-refractivity contribution in [1.29, 1.82) is 0 Å². The topological polar surface area (TPSA) is 3.24 Å². The lowest BCUT2D eigenvalue weighted by atomic mass is 9.62. The average Bonchev–Trinajstić information content (AvgIpc) is 1.69. The van der Waals surface area contributed by atoms with Crippen molar-refractivity contribution in [2.75, 3.05) is 14.1 Å². The highest BCUT2D eigenvalue weighted by Crippen LogP contribution is 1.86. The third kappa shape index (κ3) is 1.98. The fourth-order valence-electron chi connectivity index (χ4n) is 0.518. The van der Waals surface area contributed by atoms with Crippen molar-refractivity contribution >= 4 is 6.85 Å². The minimum Gasteiger partial charge on any atom is -0.340 e. The van der Waals surface area contributed by atoms with Gasteiger partial charge in [-0.1, -0.05) is 0 Å². The highest BCUT2D eigenvalue weighted by molar-refractivity contribution is 6.66. The third-order valence-corrected chi connectivity index (χ3v) is 1.08. The molecule has 0 aliphatic heterocycles. The van der Waals surface area contributed by atoms with E-state index in [9.17, 15) is 0 Å². The number of hydrogen-bond acceptors (Lipinski definition) is 1. The zero-order chi connectivity index (χ0) is 6.57. The maximum atomic E-state index is 3.64. The van der Waals surface area contributed by atoms with Gasteiger partial charge in [0.2, 0.25) is 0 Å². The maximum absolute atomic E-state index is 3.64. The summed E-state index contributed by atoms with van der Waals surface area (Å²) in [5, 5.41) is 0. The Kier molecular flexibility index (Phi) is 3.28. The van der Waals surface area contributed by atoms with E-state index in [1.54, 1.807) is 0 Å². The van der Waals surface area contributed by atoms with E-state index in [1.807, 2.05) is 30.9 Å². The third-order valence-electron chi connectivity index (χ3n) is 1.08. The van der Waals surface area contributed by atoms with Gasteiger partial charge in [-0.15, -0.1) is 25.1 Å². The molecular weight excluding hydrogens is 96.9 g/mol. The van der Waals surface area contributed by atoms with Crippen molar-refractivity contribution < 1.29 is 0 Å². The van der Waals surface area contributed by atoms with Crippen molar-refractivity contribution in [3.05, 3.63) is 25.1 Å². The Labute approximate surface area is 51.8 Å². The van der Waals surface area contributed by atoms with Crippen molar-refractivity contribution in [2.45, 2.75) is 0 Å². The molecule has 44 valence electrons. The van der Waals surface area contributed by atoms with E-state index in [1.165, 1.54) is 0 Å². The van der Waals surface area contributed by atoms with Crippen LogP contribution in [0.4, 0.5) is 0 Å². The van der Waals surface area contributed by atoms with E-state index < -0.39 is 0 Å². The van der Waals surface area contributed by atoms with Crippen LogP contribution in [0.25, 0.3) is 0 Å². The van der Waals surface area contributed by atoms with Gasteiger partial charge < -0.3 is 4.81 Å². The van der Waals surface area contributed by atoms with Gasteiger partial charge in [0, 0.05) is 0 Å². The molecule has 0 amide bonds. The molecule has 0 aliphatic rings. The molecule has 0 N–H and O–H groups in total. The van der Waals surface area contributed by atoms with E-state index in [-0.39, 0.29) is 0 Å². The number of hydrogen-bond donors (Lipinski definition) is 0. The van der Waals surface area contributed by atoms with Crippen molar-refractivity contribution in [3.63, 3.8) is 0 Å². The van der Waals surface area contributed by atoms with Gasteiger partial charge in [0.1, 0.15) is 0 Å². The van der Waals surface area contributed by atoms with E-state index in [4.69, 9.17) is 0 Å². The minimum atomic E-state index is 0.315. The molecule has 0 bridgehead atoms. The lowest BCUT2D eigenvalue weighted by Gasteiger charge is -2.11. The van der Waals surface area contributed by atoms with Gasteiger partial charge in [-0.3, -0.25) is 0 Å². The summed E-state index contributed by atoms with van der Waals surface area (Å²) >= 11 is 0. The summed E-state index contributed by atoms with van der Waals surface area (Å²) in [6, 6.07) is 0. The van der Waals surface area contributed by atoms with Crippen LogP contribution in [0, 0.1) is 0 Å². The van der Waals surface area contributed by atoms with Crippen LogP contribution < -0.4 is 0 Å². The fourth-order valence-corrected chi connectivity index (χ4v) is 0.518. The predicted octanol–water partition coefficient (Wildman–Crippen LogP) is 0.990. The summed E-state index contributed by atoms with van der Waals surface area (Å²) in [6.45, 7) is 7.60. The molecule has 0 spiro atoms. The molecule has 0 aromatic rings. The standard InChI is InChI=1S/C6H12BN/c1-5-7(6-2)8(3)4/h5-6H,1-2H2,3-4H3. The SMILES string of the molecule is C=CB(C=C)N(C)C. The Balaban J connectivity index is 3.68. The molecule has 0 aromatic carbocycles. The molecule has 0 fully saturated rings. The Bertz CT molecular complexity index is 80.5. The second-order valence-corrected chi connectivity index (χ2v) is 1.93. The molecule has 1 nitrogen and oxygen atoms in total. The largest absolute Gasteiger partial charge is 0.340 e. The zero-order valence-corrected chi connectivity index (χ0v) is 5.59. The van der Waals surface area contributed by atoms with Crippen LogP contribution in [0.1, 0.15) is 0 Å². The van der Waals surface area contributed by atoms with E-state index in [0.29, 0.717) is 6.85 Å². The van der Waals surface area contributed by atoms with Crippen LogP contribution in [0.5, 0.6) is 0 Å². The van der Waals surface area contributed by atoms with Crippen LogP contribution in [0.2, 0.25) is 0 Å². The lowest BCUT2D eigenvalue weighted by molar-refractivity contribution is 0.656. The predicted molar refractivity (Wildman–Crippen MR) is 39.8 cm³/mol. The van der Waals surface area contributed by atoms with E-state index in [2.05, 4.69) is 13.2 Å². The van der Waals surface area contributed by atoms with Crippen LogP contribution in [0.15, 0.2) is 25.1 Å². The Morgan fingerprint density at radius 2 is 1.62 bits per heavy atom. The molecule has 0 atom stereocenters. The van der Waals surface area contributed by atoms with Crippen LogP contribution >= 0.6 is 0 Å². The summed E-state index contributed by atoms with van der Waals surface area (Å²) in [4.78, 5) is 2.04. The molecule has 0 rings (SSSR count). The lowest BCUT2D eigenvalue weighted by Crippen LogP contribution is -2.28. The second-order valence-electron chi connectivity index (χ2n) is 1.93. The average molecular weight is 109 g/mol. The van der Waals surface area contributed by atoms with Crippen LogP contribution in [-0.2, 0) is 0 Å². The first-order valence-corrected chi connectivity index (χ1v) is 2.64. The first kappa shape index (κ1) is 7.50. The molecule has 0 aromatic heterocycles. The molecule has 8 heavy (non-hydrogen) atoms. The quantitative estimate of drug-likeness (QED) is 0.488. The van der Waals surface area contributed by atoms with E-state index in [0.717, 1.165) is 0 Å². The number of rotatable bonds is 3. The highest BCUT2D eigenvalue weighted by atomic mass is 15.0. The Morgan fingerprint density at radius 3 is 1.62 bits per heavy atom. The van der Waals surface area contributed by atoms with Crippen LogP contribution in [-0.4, -0.2) is 25.8 Å². The van der Waals surface area contributed by atoms with Gasteiger partial charge in [-0.25, -0.2) is 0 Å². The summed E-state index contributed by atoms with van der Waals surface area (Å²) in [7, 11) is 3.99. The normalized spacial score (nSPS) is 8.88. The minimum absolute atomic E-state index is 0.315.